The predicted molar refractivity (Wildman–Crippen MR) is 127 cm³/mol. The Morgan fingerprint density at radius 2 is 1.67 bits per heavy atom. The number of likely N-dealkylation sites (tertiary alicyclic amines) is 1. The predicted octanol–water partition coefficient (Wildman–Crippen LogP) is 5.38. The Balaban J connectivity index is 1.25. The van der Waals surface area contributed by atoms with Gasteiger partial charge in [-0.05, 0) is 51.9 Å². The first-order valence-electron chi connectivity index (χ1n) is 11.8. The highest BCUT2D eigenvalue weighted by Crippen LogP contribution is 2.47. The van der Waals surface area contributed by atoms with Crippen molar-refractivity contribution >= 4 is 6.09 Å². The number of piperidine rings is 1. The normalized spacial score (nSPS) is 21.4. The molecule has 2 N–H and O–H groups in total. The molecule has 5 heteroatoms. The van der Waals surface area contributed by atoms with Gasteiger partial charge in [-0.2, -0.15) is 0 Å². The quantitative estimate of drug-likeness (QED) is 0.572. The highest BCUT2D eigenvalue weighted by Gasteiger charge is 2.37. The van der Waals surface area contributed by atoms with Crippen LogP contribution in [0.4, 0.5) is 4.79 Å². The van der Waals surface area contributed by atoms with Crippen molar-refractivity contribution in [3.63, 3.8) is 0 Å². The summed E-state index contributed by atoms with van der Waals surface area (Å²) in [6, 6.07) is 23.3. The molecule has 1 fully saturated rings. The summed E-state index contributed by atoms with van der Waals surface area (Å²) in [5.74, 6) is 1.09. The van der Waals surface area contributed by atoms with Crippen LogP contribution < -0.4 is 10.1 Å². The summed E-state index contributed by atoms with van der Waals surface area (Å²) in [5, 5.41) is 13.3. The van der Waals surface area contributed by atoms with Crippen molar-refractivity contribution in [1.29, 1.82) is 0 Å². The number of hydrogen-bond donors (Lipinski definition) is 2. The molecule has 0 aromatic heterocycles. The third-order valence-electron chi connectivity index (χ3n) is 7.50. The third-order valence-corrected chi connectivity index (χ3v) is 7.50. The molecule has 2 unspecified atom stereocenters. The van der Waals surface area contributed by atoms with Crippen LogP contribution in [-0.2, 0) is 13.1 Å². The molecule has 0 bridgehead atoms. The first-order chi connectivity index (χ1) is 16.2. The minimum Gasteiger partial charge on any atom is -0.490 e. The van der Waals surface area contributed by atoms with Gasteiger partial charge in [0.2, 0.25) is 0 Å². The van der Waals surface area contributed by atoms with Crippen molar-refractivity contribution < 1.29 is 14.6 Å². The van der Waals surface area contributed by atoms with Gasteiger partial charge in [0.15, 0.2) is 0 Å². The molecule has 3 aromatic rings. The number of benzene rings is 3. The van der Waals surface area contributed by atoms with Gasteiger partial charge in [0, 0.05) is 44.4 Å². The number of fused-ring (bicyclic) bond motifs is 4. The van der Waals surface area contributed by atoms with Crippen LogP contribution in [0.3, 0.4) is 0 Å². The van der Waals surface area contributed by atoms with Crippen LogP contribution in [0.5, 0.6) is 5.75 Å². The Kier molecular flexibility index (Phi) is 5.07. The number of amides is 1. The fourth-order valence-electron chi connectivity index (χ4n) is 5.92. The van der Waals surface area contributed by atoms with E-state index in [1.165, 1.54) is 33.4 Å². The molecule has 0 spiro atoms. The van der Waals surface area contributed by atoms with Crippen molar-refractivity contribution in [2.75, 3.05) is 6.54 Å². The van der Waals surface area contributed by atoms with E-state index in [2.05, 4.69) is 66.0 Å². The highest BCUT2D eigenvalue weighted by molar-refractivity contribution is 5.78. The molecule has 2 atom stereocenters. The Hall–Kier alpha value is -3.31. The van der Waals surface area contributed by atoms with Crippen molar-refractivity contribution in [3.05, 3.63) is 89.0 Å². The molecule has 0 radical (unpaired) electrons. The van der Waals surface area contributed by atoms with Crippen molar-refractivity contribution in [2.24, 2.45) is 0 Å². The molecule has 33 heavy (non-hydrogen) atoms. The van der Waals surface area contributed by atoms with Gasteiger partial charge >= 0.3 is 6.09 Å². The lowest BCUT2D eigenvalue weighted by Gasteiger charge is -2.39. The Labute approximate surface area is 194 Å². The van der Waals surface area contributed by atoms with Crippen LogP contribution in [0.25, 0.3) is 11.1 Å². The van der Waals surface area contributed by atoms with Crippen molar-refractivity contribution in [2.45, 2.75) is 50.4 Å². The average molecular weight is 441 g/mol. The van der Waals surface area contributed by atoms with E-state index in [4.69, 9.17) is 4.74 Å². The smallest absolute Gasteiger partial charge is 0.407 e. The van der Waals surface area contributed by atoms with Crippen LogP contribution >= 0.6 is 0 Å². The highest BCUT2D eigenvalue weighted by atomic mass is 16.5. The largest absolute Gasteiger partial charge is 0.490 e. The summed E-state index contributed by atoms with van der Waals surface area (Å²) in [4.78, 5) is 13.7. The number of ether oxygens (including phenoxy) is 1. The van der Waals surface area contributed by atoms with E-state index in [1.807, 2.05) is 6.07 Å². The van der Waals surface area contributed by atoms with Crippen molar-refractivity contribution in [1.82, 2.24) is 10.2 Å². The van der Waals surface area contributed by atoms with E-state index in [0.717, 1.165) is 31.7 Å². The van der Waals surface area contributed by atoms with E-state index in [-0.39, 0.29) is 18.1 Å². The van der Waals surface area contributed by atoms with Crippen LogP contribution in [0.15, 0.2) is 66.7 Å². The number of rotatable bonds is 4. The zero-order chi connectivity index (χ0) is 22.4. The van der Waals surface area contributed by atoms with Gasteiger partial charge in [-0.25, -0.2) is 4.79 Å². The molecule has 0 saturated carbocycles. The van der Waals surface area contributed by atoms with Gasteiger partial charge in [-0.1, -0.05) is 54.6 Å². The fourth-order valence-corrected chi connectivity index (χ4v) is 5.92. The lowest BCUT2D eigenvalue weighted by atomic mass is 9.85. The monoisotopic (exact) mass is 440 g/mol. The van der Waals surface area contributed by atoms with Gasteiger partial charge in [-0.15, -0.1) is 0 Å². The number of carboxylic acid groups (broad SMARTS) is 1. The summed E-state index contributed by atoms with van der Waals surface area (Å²) < 4.78 is 6.39. The maximum atomic E-state index is 12.1. The Morgan fingerprint density at radius 3 is 2.39 bits per heavy atom. The van der Waals surface area contributed by atoms with Crippen LogP contribution in [0, 0.1) is 0 Å². The second-order valence-corrected chi connectivity index (χ2v) is 9.39. The zero-order valence-corrected chi connectivity index (χ0v) is 18.5. The molecule has 1 aliphatic carbocycles. The van der Waals surface area contributed by atoms with Gasteiger partial charge < -0.3 is 20.1 Å². The molecule has 2 heterocycles. The summed E-state index contributed by atoms with van der Waals surface area (Å²) in [6.07, 6.45) is 1.39. The minimum atomic E-state index is -0.832. The number of nitrogens with one attached hydrogen (secondary N) is 1. The lowest BCUT2D eigenvalue weighted by Crippen LogP contribution is -2.48. The Morgan fingerprint density at radius 1 is 0.970 bits per heavy atom. The fraction of sp³-hybridized carbons (Fsp3) is 0.321. The van der Waals surface area contributed by atoms with E-state index in [1.54, 1.807) is 4.90 Å². The number of nitrogens with zero attached hydrogens (tertiary/aromatic N) is 1. The van der Waals surface area contributed by atoms with Crippen LogP contribution in [0.1, 0.15) is 47.4 Å². The molecule has 3 aromatic carbocycles. The summed E-state index contributed by atoms with van der Waals surface area (Å²) >= 11 is 0. The molecule has 1 saturated heterocycles. The van der Waals surface area contributed by atoms with Gasteiger partial charge in [0.1, 0.15) is 11.9 Å². The standard InChI is InChI=1S/C28H28N2O3/c31-28(32)30-12-11-22(33-21-10-9-18-16-29-17-19(18)13-21)14-20(30)15-27-25-7-3-1-5-23(25)24-6-2-4-8-26(24)27/h1-10,13,20,22,27,29H,11-12,14-17H2,(H,31,32). The second kappa shape index (κ2) is 8.23. The maximum absolute atomic E-state index is 12.1. The van der Waals surface area contributed by atoms with Crippen LogP contribution in [0.2, 0.25) is 0 Å². The molecule has 6 rings (SSSR count). The SMILES string of the molecule is O=C(O)N1CCC(Oc2ccc3c(c2)CNC3)CC1CC1c2ccccc2-c2ccccc21. The second-order valence-electron chi connectivity index (χ2n) is 9.39. The summed E-state index contributed by atoms with van der Waals surface area (Å²) in [6.45, 7) is 2.30. The number of carbonyl (C=O) groups is 1. The van der Waals surface area contributed by atoms with Crippen molar-refractivity contribution in [3.8, 4) is 16.9 Å². The van der Waals surface area contributed by atoms with E-state index >= 15 is 0 Å². The zero-order valence-electron chi connectivity index (χ0n) is 18.5. The van der Waals surface area contributed by atoms with E-state index in [9.17, 15) is 9.90 Å². The summed E-state index contributed by atoms with van der Waals surface area (Å²) in [7, 11) is 0. The molecular formula is C28H28N2O3. The first kappa shape index (κ1) is 20.3. The Bertz CT molecular complexity index is 1160. The average Bonchev–Trinajstić information content (AvgIpc) is 3.42. The van der Waals surface area contributed by atoms with Gasteiger partial charge in [0.05, 0.1) is 0 Å². The minimum absolute atomic E-state index is 0.0184. The molecule has 1 amide bonds. The molecule has 3 aliphatic rings. The molecule has 5 nitrogen and oxygen atoms in total. The molecule has 2 aliphatic heterocycles. The lowest BCUT2D eigenvalue weighted by molar-refractivity contribution is 0.0502. The third kappa shape index (κ3) is 3.66. The van der Waals surface area contributed by atoms with Gasteiger partial charge in [0.25, 0.3) is 0 Å². The number of hydrogen-bond acceptors (Lipinski definition) is 3. The first-order valence-corrected chi connectivity index (χ1v) is 11.8. The van der Waals surface area contributed by atoms with Crippen LogP contribution in [-0.4, -0.2) is 34.8 Å². The van der Waals surface area contributed by atoms with E-state index in [0.29, 0.717) is 13.0 Å². The van der Waals surface area contributed by atoms with E-state index < -0.39 is 6.09 Å². The molecular weight excluding hydrogens is 412 g/mol. The maximum Gasteiger partial charge on any atom is 0.407 e. The molecule has 168 valence electrons. The summed E-state index contributed by atoms with van der Waals surface area (Å²) in [5.41, 5.74) is 7.78. The topological polar surface area (TPSA) is 61.8 Å². The van der Waals surface area contributed by atoms with Gasteiger partial charge in [-0.3, -0.25) is 0 Å².